The molecular formula is C24H24FN3O5. The van der Waals surface area contributed by atoms with Crippen LogP contribution in [0.25, 0.3) is 0 Å². The SMILES string of the molecule is CC(=O)N1c2ccccc2C(=O)C1[C@]1(NC(=O)OC(C)(C)C)C(=O)N(C)c2c(F)cccc21. The second-order valence-electron chi connectivity index (χ2n) is 9.11. The van der Waals surface area contributed by atoms with Crippen LogP contribution in [-0.2, 0) is 19.9 Å². The molecule has 0 radical (unpaired) electrons. The van der Waals surface area contributed by atoms with Crippen molar-refractivity contribution in [3.8, 4) is 0 Å². The molecule has 1 N–H and O–H groups in total. The summed E-state index contributed by atoms with van der Waals surface area (Å²) in [5, 5.41) is 2.57. The van der Waals surface area contributed by atoms with E-state index in [1.165, 1.54) is 37.1 Å². The van der Waals surface area contributed by atoms with E-state index in [-0.39, 0.29) is 16.8 Å². The fourth-order valence-electron chi connectivity index (χ4n) is 4.61. The fourth-order valence-corrected chi connectivity index (χ4v) is 4.61. The first-order valence-electron chi connectivity index (χ1n) is 10.4. The molecule has 9 heteroatoms. The Kier molecular flexibility index (Phi) is 5.03. The number of halogens is 1. The van der Waals surface area contributed by atoms with Crippen LogP contribution in [-0.4, -0.2) is 42.4 Å². The lowest BCUT2D eigenvalue weighted by Crippen LogP contribution is -2.66. The number of likely N-dealkylation sites (N-methyl/N-ethyl adjacent to an activating group) is 1. The molecule has 2 aromatic rings. The first kappa shape index (κ1) is 22.4. The number of fused-ring (bicyclic) bond motifs is 2. The number of ether oxygens (including phenoxy) is 1. The van der Waals surface area contributed by atoms with Crippen LogP contribution in [0, 0.1) is 5.82 Å². The molecule has 0 fully saturated rings. The molecule has 2 atom stereocenters. The van der Waals surface area contributed by atoms with Crippen LogP contribution in [0.2, 0.25) is 0 Å². The molecular weight excluding hydrogens is 429 g/mol. The van der Waals surface area contributed by atoms with Crippen LogP contribution in [0.5, 0.6) is 0 Å². The molecule has 2 aromatic carbocycles. The number of nitrogens with zero attached hydrogens (tertiary/aromatic N) is 2. The van der Waals surface area contributed by atoms with Crippen LogP contribution in [0.1, 0.15) is 43.6 Å². The van der Waals surface area contributed by atoms with Crippen molar-refractivity contribution in [1.29, 1.82) is 0 Å². The van der Waals surface area contributed by atoms with Gasteiger partial charge in [-0.1, -0.05) is 24.3 Å². The van der Waals surface area contributed by atoms with Crippen LogP contribution >= 0.6 is 0 Å². The summed E-state index contributed by atoms with van der Waals surface area (Å²) in [5.41, 5.74) is -2.49. The van der Waals surface area contributed by atoms with Crippen molar-refractivity contribution in [2.24, 2.45) is 0 Å². The van der Waals surface area contributed by atoms with E-state index in [2.05, 4.69) is 5.32 Å². The molecule has 0 bridgehead atoms. The standard InChI is InChI=1S/C24H24FN3O5/c1-13(29)28-17-12-7-6-9-14(17)19(30)20(28)24(26-22(32)33-23(2,3)4)15-10-8-11-16(25)18(15)27(5)21(24)31/h6-12,20H,1-5H3,(H,26,32)/t20?,24-/m0/s1. The van der Waals surface area contributed by atoms with Gasteiger partial charge in [-0.15, -0.1) is 0 Å². The van der Waals surface area contributed by atoms with Crippen LogP contribution in [0.3, 0.4) is 0 Å². The third kappa shape index (κ3) is 3.26. The van der Waals surface area contributed by atoms with Crippen molar-refractivity contribution in [3.63, 3.8) is 0 Å². The van der Waals surface area contributed by atoms with Gasteiger partial charge in [0.1, 0.15) is 17.5 Å². The van der Waals surface area contributed by atoms with Gasteiger partial charge >= 0.3 is 6.09 Å². The van der Waals surface area contributed by atoms with Gasteiger partial charge in [-0.25, -0.2) is 9.18 Å². The van der Waals surface area contributed by atoms with E-state index in [1.807, 2.05) is 0 Å². The molecule has 2 aliphatic rings. The summed E-state index contributed by atoms with van der Waals surface area (Å²) in [6.07, 6.45) is -0.978. The summed E-state index contributed by atoms with van der Waals surface area (Å²) in [6.45, 7) is 6.20. The molecule has 3 amide bonds. The Morgan fingerprint density at radius 1 is 1.09 bits per heavy atom. The zero-order valence-corrected chi connectivity index (χ0v) is 18.9. The first-order valence-corrected chi connectivity index (χ1v) is 10.4. The lowest BCUT2D eigenvalue weighted by atomic mass is 9.81. The van der Waals surface area contributed by atoms with E-state index in [1.54, 1.807) is 45.0 Å². The number of ketones is 1. The molecule has 0 aliphatic carbocycles. The number of carbonyl (C=O) groups is 4. The number of benzene rings is 2. The Hall–Kier alpha value is -3.75. The Balaban J connectivity index is 1.99. The molecule has 0 saturated carbocycles. The Bertz CT molecular complexity index is 1200. The predicted octanol–water partition coefficient (Wildman–Crippen LogP) is 3.14. The average molecular weight is 453 g/mol. The number of anilines is 2. The van der Waals surface area contributed by atoms with E-state index < -0.39 is 46.7 Å². The van der Waals surface area contributed by atoms with Crippen molar-refractivity contribution < 1.29 is 28.3 Å². The maximum Gasteiger partial charge on any atom is 0.408 e. The van der Waals surface area contributed by atoms with Crippen LogP contribution < -0.4 is 15.1 Å². The zero-order valence-electron chi connectivity index (χ0n) is 18.9. The third-order valence-corrected chi connectivity index (χ3v) is 5.77. The van der Waals surface area contributed by atoms with E-state index in [0.29, 0.717) is 5.69 Å². The second kappa shape index (κ2) is 7.40. The molecule has 1 unspecified atom stereocenters. The molecule has 4 rings (SSSR count). The van der Waals surface area contributed by atoms with Crippen LogP contribution in [0.4, 0.5) is 20.6 Å². The minimum Gasteiger partial charge on any atom is -0.444 e. The number of alkyl carbamates (subject to hydrolysis) is 1. The number of carbonyl (C=O) groups excluding carboxylic acids is 4. The third-order valence-electron chi connectivity index (χ3n) is 5.77. The maximum atomic E-state index is 14.9. The number of para-hydroxylation sites is 2. The molecule has 8 nitrogen and oxygen atoms in total. The maximum absolute atomic E-state index is 14.9. The first-order chi connectivity index (χ1) is 15.4. The number of hydrogen-bond donors (Lipinski definition) is 1. The molecule has 172 valence electrons. The fraction of sp³-hybridized carbons (Fsp3) is 0.333. The van der Waals surface area contributed by atoms with Crippen molar-refractivity contribution in [2.45, 2.75) is 44.9 Å². The minimum atomic E-state index is -2.10. The van der Waals surface area contributed by atoms with Gasteiger partial charge in [-0.05, 0) is 39.0 Å². The van der Waals surface area contributed by atoms with E-state index >= 15 is 0 Å². The Morgan fingerprint density at radius 2 is 1.76 bits per heavy atom. The predicted molar refractivity (Wildman–Crippen MR) is 119 cm³/mol. The largest absolute Gasteiger partial charge is 0.444 e. The highest BCUT2D eigenvalue weighted by molar-refractivity contribution is 6.23. The average Bonchev–Trinajstić information content (AvgIpc) is 3.13. The van der Waals surface area contributed by atoms with Crippen molar-refractivity contribution in [2.75, 3.05) is 16.8 Å². The summed E-state index contributed by atoms with van der Waals surface area (Å²) >= 11 is 0. The van der Waals surface area contributed by atoms with Gasteiger partial charge in [0, 0.05) is 25.1 Å². The smallest absolute Gasteiger partial charge is 0.408 e. The number of rotatable bonds is 2. The molecule has 0 aromatic heterocycles. The number of Topliss-reactive ketones (excluding diaryl/α,β-unsaturated/α-hetero) is 1. The van der Waals surface area contributed by atoms with Crippen molar-refractivity contribution >= 4 is 35.1 Å². The molecule has 0 saturated heterocycles. The quantitative estimate of drug-likeness (QED) is 0.754. The highest BCUT2D eigenvalue weighted by atomic mass is 19.1. The van der Waals surface area contributed by atoms with Gasteiger partial charge in [-0.2, -0.15) is 0 Å². The second-order valence-corrected chi connectivity index (χ2v) is 9.11. The molecule has 0 spiro atoms. The van der Waals surface area contributed by atoms with Gasteiger partial charge < -0.3 is 15.0 Å². The Morgan fingerprint density at radius 3 is 2.39 bits per heavy atom. The molecule has 33 heavy (non-hydrogen) atoms. The van der Waals surface area contributed by atoms with Gasteiger partial charge in [0.25, 0.3) is 5.91 Å². The van der Waals surface area contributed by atoms with Crippen molar-refractivity contribution in [3.05, 3.63) is 59.4 Å². The number of nitrogens with one attached hydrogen (secondary N) is 1. The zero-order chi connectivity index (χ0) is 24.3. The summed E-state index contributed by atoms with van der Waals surface area (Å²) in [4.78, 5) is 55.4. The molecule has 2 aliphatic heterocycles. The summed E-state index contributed by atoms with van der Waals surface area (Å²) in [5.74, 6) is -2.51. The van der Waals surface area contributed by atoms with Gasteiger partial charge in [-0.3, -0.25) is 19.3 Å². The van der Waals surface area contributed by atoms with E-state index in [9.17, 15) is 23.6 Å². The van der Waals surface area contributed by atoms with E-state index in [0.717, 1.165) is 4.90 Å². The molecule has 2 heterocycles. The summed E-state index contributed by atoms with van der Waals surface area (Å²) in [7, 11) is 1.35. The number of amides is 3. The Labute approximate surface area is 190 Å². The topological polar surface area (TPSA) is 96.0 Å². The van der Waals surface area contributed by atoms with Gasteiger partial charge in [0.2, 0.25) is 5.91 Å². The normalized spacial score (nSPS) is 21.7. The van der Waals surface area contributed by atoms with Gasteiger partial charge in [0.05, 0.1) is 11.4 Å². The highest BCUT2D eigenvalue weighted by Gasteiger charge is 2.64. The highest BCUT2D eigenvalue weighted by Crippen LogP contribution is 2.49. The summed E-state index contributed by atoms with van der Waals surface area (Å²) in [6, 6.07) is 8.99. The van der Waals surface area contributed by atoms with Crippen molar-refractivity contribution in [1.82, 2.24) is 5.32 Å². The van der Waals surface area contributed by atoms with Gasteiger partial charge in [0.15, 0.2) is 11.3 Å². The lowest BCUT2D eigenvalue weighted by molar-refractivity contribution is -0.125. The van der Waals surface area contributed by atoms with E-state index in [4.69, 9.17) is 4.74 Å². The number of hydrogen-bond acceptors (Lipinski definition) is 5. The summed E-state index contributed by atoms with van der Waals surface area (Å²) < 4.78 is 20.3. The minimum absolute atomic E-state index is 0.0678. The monoisotopic (exact) mass is 453 g/mol. The lowest BCUT2D eigenvalue weighted by Gasteiger charge is -2.38. The van der Waals surface area contributed by atoms with Crippen LogP contribution in [0.15, 0.2) is 42.5 Å².